The Balaban J connectivity index is 1.76. The molecule has 0 fully saturated rings. The Morgan fingerprint density at radius 3 is 2.58 bits per heavy atom. The van der Waals surface area contributed by atoms with Crippen molar-refractivity contribution >= 4 is 11.9 Å². The molecule has 0 saturated carbocycles. The number of rotatable bonds is 4. The number of fused-ring (bicyclic) bond motifs is 1. The van der Waals surface area contributed by atoms with Gasteiger partial charge in [-0.3, -0.25) is 4.79 Å². The van der Waals surface area contributed by atoms with Crippen molar-refractivity contribution in [2.75, 3.05) is 0 Å². The third-order valence-corrected chi connectivity index (χ3v) is 4.34. The first kappa shape index (κ1) is 16.1. The maximum absolute atomic E-state index is 12.5. The molecule has 1 heterocycles. The molecule has 1 amide bonds. The lowest BCUT2D eigenvalue weighted by atomic mass is 10.0. The number of nitrogens with one attached hydrogen (secondary N) is 1. The highest BCUT2D eigenvalue weighted by Gasteiger charge is 2.32. The average Bonchev–Trinajstić information content (AvgIpc) is 2.99. The number of aryl methyl sites for hydroxylation is 2. The topological polar surface area (TPSA) is 75.6 Å². The Kier molecular flexibility index (Phi) is 4.25. The van der Waals surface area contributed by atoms with Crippen LogP contribution in [0.5, 0.6) is 5.75 Å². The average molecular weight is 325 g/mol. The molecular formula is C19H19NO4. The lowest BCUT2D eigenvalue weighted by Crippen LogP contribution is -2.42. The van der Waals surface area contributed by atoms with Crippen molar-refractivity contribution in [2.24, 2.45) is 0 Å². The van der Waals surface area contributed by atoms with E-state index in [0.717, 1.165) is 16.7 Å². The van der Waals surface area contributed by atoms with E-state index in [4.69, 9.17) is 4.74 Å². The summed E-state index contributed by atoms with van der Waals surface area (Å²) in [6.45, 7) is 3.87. The summed E-state index contributed by atoms with van der Waals surface area (Å²) >= 11 is 0. The SMILES string of the molecule is Cc1ccc(C(NC(=O)C2Cc3ccccc3O2)C(=O)O)cc1C. The normalized spacial score (nSPS) is 16.8. The standard InChI is InChI=1S/C19H19NO4/c1-11-7-8-14(9-12(11)2)17(19(22)23)20-18(21)16-10-13-5-3-4-6-15(13)24-16/h3-9,16-17H,10H2,1-2H3,(H,20,21)(H,22,23). The summed E-state index contributed by atoms with van der Waals surface area (Å²) in [5, 5.41) is 12.1. The van der Waals surface area contributed by atoms with Crippen LogP contribution in [0, 0.1) is 13.8 Å². The molecular weight excluding hydrogens is 306 g/mol. The third-order valence-electron chi connectivity index (χ3n) is 4.34. The summed E-state index contributed by atoms with van der Waals surface area (Å²) in [7, 11) is 0. The molecule has 2 aromatic carbocycles. The second-order valence-corrected chi connectivity index (χ2v) is 6.04. The molecule has 24 heavy (non-hydrogen) atoms. The quantitative estimate of drug-likeness (QED) is 0.906. The first-order chi connectivity index (χ1) is 11.5. The molecule has 5 heteroatoms. The minimum Gasteiger partial charge on any atom is -0.480 e. The second kappa shape index (κ2) is 6.35. The summed E-state index contributed by atoms with van der Waals surface area (Å²) in [4.78, 5) is 24.1. The zero-order valence-electron chi connectivity index (χ0n) is 13.6. The minimum atomic E-state index is -1.10. The van der Waals surface area contributed by atoms with Gasteiger partial charge in [0.1, 0.15) is 5.75 Å². The van der Waals surface area contributed by atoms with Crippen LogP contribution in [0.3, 0.4) is 0 Å². The van der Waals surface area contributed by atoms with Gasteiger partial charge in [-0.2, -0.15) is 0 Å². The monoisotopic (exact) mass is 325 g/mol. The molecule has 2 unspecified atom stereocenters. The highest BCUT2D eigenvalue weighted by atomic mass is 16.5. The zero-order chi connectivity index (χ0) is 17.3. The van der Waals surface area contributed by atoms with Crippen LogP contribution < -0.4 is 10.1 Å². The summed E-state index contributed by atoms with van der Waals surface area (Å²) in [5.41, 5.74) is 3.56. The van der Waals surface area contributed by atoms with E-state index in [1.165, 1.54) is 0 Å². The van der Waals surface area contributed by atoms with Gasteiger partial charge in [0.25, 0.3) is 5.91 Å². The van der Waals surface area contributed by atoms with Crippen LogP contribution in [0.15, 0.2) is 42.5 Å². The number of para-hydroxylation sites is 1. The number of aliphatic carboxylic acids is 1. The van der Waals surface area contributed by atoms with Crippen LogP contribution in [0.25, 0.3) is 0 Å². The third kappa shape index (κ3) is 3.11. The van der Waals surface area contributed by atoms with Gasteiger partial charge in [-0.1, -0.05) is 36.4 Å². The summed E-state index contributed by atoms with van der Waals surface area (Å²) in [5.74, 6) is -0.838. The second-order valence-electron chi connectivity index (χ2n) is 6.04. The number of ether oxygens (including phenoxy) is 1. The van der Waals surface area contributed by atoms with Crippen molar-refractivity contribution in [3.63, 3.8) is 0 Å². The maximum atomic E-state index is 12.5. The lowest BCUT2D eigenvalue weighted by molar-refractivity contribution is -0.143. The molecule has 1 aliphatic heterocycles. The fourth-order valence-electron chi connectivity index (χ4n) is 2.80. The molecule has 0 radical (unpaired) electrons. The minimum absolute atomic E-state index is 0.420. The van der Waals surface area contributed by atoms with E-state index in [-0.39, 0.29) is 0 Å². The van der Waals surface area contributed by atoms with Gasteiger partial charge in [-0.15, -0.1) is 0 Å². The lowest BCUT2D eigenvalue weighted by Gasteiger charge is -2.18. The smallest absolute Gasteiger partial charge is 0.330 e. The van der Waals surface area contributed by atoms with Crippen molar-refractivity contribution in [3.8, 4) is 5.75 Å². The number of carboxylic acids is 1. The summed E-state index contributed by atoms with van der Waals surface area (Å²) < 4.78 is 5.62. The van der Waals surface area contributed by atoms with Gasteiger partial charge in [0.15, 0.2) is 12.1 Å². The number of carbonyl (C=O) groups excluding carboxylic acids is 1. The number of carboxylic acid groups (broad SMARTS) is 1. The molecule has 5 nitrogen and oxygen atoms in total. The summed E-state index contributed by atoms with van der Waals surface area (Å²) in [6, 6.07) is 11.7. The van der Waals surface area contributed by atoms with Crippen LogP contribution >= 0.6 is 0 Å². The molecule has 0 saturated heterocycles. The molecule has 3 rings (SSSR count). The Hall–Kier alpha value is -2.82. The first-order valence-electron chi connectivity index (χ1n) is 7.80. The Labute approximate surface area is 140 Å². The van der Waals surface area contributed by atoms with Crippen molar-refractivity contribution in [1.29, 1.82) is 0 Å². The van der Waals surface area contributed by atoms with E-state index in [1.54, 1.807) is 18.2 Å². The molecule has 124 valence electrons. The van der Waals surface area contributed by atoms with E-state index < -0.39 is 24.0 Å². The van der Waals surface area contributed by atoms with Gasteiger partial charge < -0.3 is 15.2 Å². The maximum Gasteiger partial charge on any atom is 0.330 e. The Morgan fingerprint density at radius 1 is 1.17 bits per heavy atom. The van der Waals surface area contributed by atoms with Crippen LogP contribution in [-0.2, 0) is 16.0 Å². The Morgan fingerprint density at radius 2 is 1.92 bits per heavy atom. The van der Waals surface area contributed by atoms with E-state index in [2.05, 4.69) is 5.32 Å². The number of amides is 1. The fourth-order valence-corrected chi connectivity index (χ4v) is 2.80. The highest BCUT2D eigenvalue weighted by molar-refractivity contribution is 5.88. The number of hydrogen-bond donors (Lipinski definition) is 2. The molecule has 0 aliphatic carbocycles. The van der Waals surface area contributed by atoms with Gasteiger partial charge in [0.05, 0.1) is 0 Å². The van der Waals surface area contributed by atoms with Gasteiger partial charge in [-0.25, -0.2) is 4.79 Å². The number of benzene rings is 2. The predicted molar refractivity (Wildman–Crippen MR) is 89.0 cm³/mol. The van der Waals surface area contributed by atoms with Crippen molar-refractivity contribution in [2.45, 2.75) is 32.4 Å². The van der Waals surface area contributed by atoms with Crippen molar-refractivity contribution in [3.05, 3.63) is 64.7 Å². The molecule has 1 aliphatic rings. The number of hydrogen-bond acceptors (Lipinski definition) is 3. The van der Waals surface area contributed by atoms with Crippen LogP contribution in [0.2, 0.25) is 0 Å². The van der Waals surface area contributed by atoms with E-state index in [9.17, 15) is 14.7 Å². The first-order valence-corrected chi connectivity index (χ1v) is 7.80. The molecule has 2 aromatic rings. The summed E-state index contributed by atoms with van der Waals surface area (Å²) in [6.07, 6.45) is -0.253. The van der Waals surface area contributed by atoms with E-state index in [1.807, 2.05) is 38.1 Å². The molecule has 0 aromatic heterocycles. The largest absolute Gasteiger partial charge is 0.480 e. The van der Waals surface area contributed by atoms with Gasteiger partial charge in [-0.05, 0) is 42.2 Å². The van der Waals surface area contributed by atoms with Gasteiger partial charge >= 0.3 is 5.97 Å². The molecule has 2 N–H and O–H groups in total. The van der Waals surface area contributed by atoms with Crippen LogP contribution in [0.1, 0.15) is 28.3 Å². The fraction of sp³-hybridized carbons (Fsp3) is 0.263. The van der Waals surface area contributed by atoms with E-state index >= 15 is 0 Å². The zero-order valence-corrected chi connectivity index (χ0v) is 13.6. The molecule has 0 spiro atoms. The predicted octanol–water partition coefficient (Wildman–Crippen LogP) is 2.55. The van der Waals surface area contributed by atoms with Crippen molar-refractivity contribution < 1.29 is 19.4 Å². The van der Waals surface area contributed by atoms with Gasteiger partial charge in [0.2, 0.25) is 0 Å². The number of carbonyl (C=O) groups is 2. The molecule has 0 bridgehead atoms. The van der Waals surface area contributed by atoms with Crippen LogP contribution in [0.4, 0.5) is 0 Å². The van der Waals surface area contributed by atoms with Crippen LogP contribution in [-0.4, -0.2) is 23.1 Å². The van der Waals surface area contributed by atoms with E-state index in [0.29, 0.717) is 17.7 Å². The van der Waals surface area contributed by atoms with Crippen molar-refractivity contribution in [1.82, 2.24) is 5.32 Å². The molecule has 2 atom stereocenters. The highest BCUT2D eigenvalue weighted by Crippen LogP contribution is 2.28. The Bertz CT molecular complexity index is 775. The van der Waals surface area contributed by atoms with Gasteiger partial charge in [0, 0.05) is 6.42 Å².